The highest BCUT2D eigenvalue weighted by atomic mass is 15.2. The summed E-state index contributed by atoms with van der Waals surface area (Å²) in [6.45, 7) is 8.61. The van der Waals surface area contributed by atoms with Gasteiger partial charge in [-0.25, -0.2) is 0 Å². The second-order valence-corrected chi connectivity index (χ2v) is 6.95. The minimum absolute atomic E-state index is 0.784. The summed E-state index contributed by atoms with van der Waals surface area (Å²) in [5, 5.41) is 3.67. The molecule has 1 heterocycles. The van der Waals surface area contributed by atoms with Crippen molar-refractivity contribution in [3.05, 3.63) is 0 Å². The number of rotatable bonds is 5. The summed E-state index contributed by atoms with van der Waals surface area (Å²) in [6, 6.07) is 1.72. The predicted octanol–water partition coefficient (Wildman–Crippen LogP) is 2.49. The van der Waals surface area contributed by atoms with Crippen LogP contribution < -0.4 is 5.32 Å². The molecule has 2 heteroatoms. The van der Waals surface area contributed by atoms with E-state index in [0.717, 1.165) is 29.8 Å². The molecule has 2 saturated carbocycles. The van der Waals surface area contributed by atoms with Gasteiger partial charge in [0.1, 0.15) is 0 Å². The van der Waals surface area contributed by atoms with E-state index in [1.54, 1.807) is 0 Å². The summed E-state index contributed by atoms with van der Waals surface area (Å²) in [5.41, 5.74) is 0. The van der Waals surface area contributed by atoms with E-state index < -0.39 is 0 Å². The van der Waals surface area contributed by atoms with Crippen LogP contribution in [-0.4, -0.2) is 36.6 Å². The van der Waals surface area contributed by atoms with Crippen LogP contribution in [0, 0.1) is 17.8 Å². The van der Waals surface area contributed by atoms with Gasteiger partial charge in [-0.05, 0) is 56.4 Å². The summed E-state index contributed by atoms with van der Waals surface area (Å²) in [5.74, 6) is 3.01. The molecule has 0 aromatic carbocycles. The molecular weight excluding hydrogens is 208 g/mol. The zero-order valence-corrected chi connectivity index (χ0v) is 11.5. The number of fused-ring (bicyclic) bond motifs is 1. The molecule has 17 heavy (non-hydrogen) atoms. The number of nitrogens with zero attached hydrogens (tertiary/aromatic N) is 1. The molecule has 0 amide bonds. The first kappa shape index (κ1) is 12.0. The van der Waals surface area contributed by atoms with Crippen LogP contribution in [0.1, 0.15) is 46.0 Å². The van der Waals surface area contributed by atoms with Crippen LogP contribution in [0.15, 0.2) is 0 Å². The van der Waals surface area contributed by atoms with Crippen molar-refractivity contribution in [3.8, 4) is 0 Å². The Morgan fingerprint density at radius 2 is 2.12 bits per heavy atom. The Morgan fingerprint density at radius 1 is 1.24 bits per heavy atom. The lowest BCUT2D eigenvalue weighted by Gasteiger charge is -2.33. The maximum atomic E-state index is 3.67. The Hall–Kier alpha value is -0.0800. The molecule has 4 atom stereocenters. The molecule has 1 saturated heterocycles. The van der Waals surface area contributed by atoms with E-state index in [9.17, 15) is 0 Å². The summed E-state index contributed by atoms with van der Waals surface area (Å²) in [7, 11) is 0. The summed E-state index contributed by atoms with van der Waals surface area (Å²) in [4.78, 5) is 2.84. The van der Waals surface area contributed by atoms with Gasteiger partial charge in [0.15, 0.2) is 0 Å². The summed E-state index contributed by atoms with van der Waals surface area (Å²) in [6.07, 6.45) is 7.32. The molecule has 0 radical (unpaired) electrons. The number of hydrogen-bond acceptors (Lipinski definition) is 2. The second-order valence-electron chi connectivity index (χ2n) is 6.95. The Balaban J connectivity index is 1.59. The lowest BCUT2D eigenvalue weighted by Crippen LogP contribution is -2.45. The molecule has 4 unspecified atom stereocenters. The van der Waals surface area contributed by atoms with Crippen LogP contribution >= 0.6 is 0 Å². The van der Waals surface area contributed by atoms with Crippen LogP contribution in [0.4, 0.5) is 0 Å². The molecule has 0 bridgehead atoms. The number of hydrogen-bond donors (Lipinski definition) is 1. The second kappa shape index (κ2) is 4.89. The third-order valence-electron chi connectivity index (χ3n) is 4.99. The van der Waals surface area contributed by atoms with Crippen molar-refractivity contribution in [2.24, 2.45) is 17.8 Å². The van der Waals surface area contributed by atoms with Crippen LogP contribution in [0.3, 0.4) is 0 Å². The molecule has 0 spiro atoms. The quantitative estimate of drug-likeness (QED) is 0.789. The third-order valence-corrected chi connectivity index (χ3v) is 4.99. The van der Waals surface area contributed by atoms with Gasteiger partial charge >= 0.3 is 0 Å². The topological polar surface area (TPSA) is 15.3 Å². The van der Waals surface area contributed by atoms with Crippen molar-refractivity contribution in [2.75, 3.05) is 19.6 Å². The van der Waals surface area contributed by atoms with E-state index in [1.165, 1.54) is 51.7 Å². The molecular formula is C15H28N2. The first-order chi connectivity index (χ1) is 8.24. The minimum Gasteiger partial charge on any atom is -0.313 e. The Morgan fingerprint density at radius 3 is 2.65 bits per heavy atom. The molecule has 3 rings (SSSR count). The van der Waals surface area contributed by atoms with Gasteiger partial charge in [-0.3, -0.25) is 4.90 Å². The van der Waals surface area contributed by atoms with E-state index >= 15 is 0 Å². The highest BCUT2D eigenvalue weighted by Crippen LogP contribution is 2.53. The van der Waals surface area contributed by atoms with E-state index in [4.69, 9.17) is 0 Å². The zero-order valence-electron chi connectivity index (χ0n) is 11.5. The average molecular weight is 236 g/mol. The van der Waals surface area contributed by atoms with Crippen molar-refractivity contribution in [1.82, 2.24) is 10.2 Å². The van der Waals surface area contributed by atoms with Crippen molar-refractivity contribution >= 4 is 0 Å². The van der Waals surface area contributed by atoms with Crippen molar-refractivity contribution < 1.29 is 0 Å². The Bertz CT molecular complexity index is 258. The molecule has 2 aliphatic carbocycles. The summed E-state index contributed by atoms with van der Waals surface area (Å²) < 4.78 is 0. The summed E-state index contributed by atoms with van der Waals surface area (Å²) >= 11 is 0. The third kappa shape index (κ3) is 2.68. The van der Waals surface area contributed by atoms with Crippen LogP contribution in [0.25, 0.3) is 0 Å². The van der Waals surface area contributed by atoms with Crippen molar-refractivity contribution in [3.63, 3.8) is 0 Å². The zero-order chi connectivity index (χ0) is 11.8. The smallest absolute Gasteiger partial charge is 0.0195 e. The van der Waals surface area contributed by atoms with E-state index in [1.807, 2.05) is 0 Å². The fraction of sp³-hybridized carbons (Fsp3) is 1.00. The highest BCUT2D eigenvalue weighted by molar-refractivity contribution is 5.02. The lowest BCUT2D eigenvalue weighted by atomic mass is 10.1. The van der Waals surface area contributed by atoms with Crippen molar-refractivity contribution in [2.45, 2.75) is 58.0 Å². The Kier molecular flexibility index (Phi) is 3.45. The van der Waals surface area contributed by atoms with Gasteiger partial charge in [-0.1, -0.05) is 13.8 Å². The van der Waals surface area contributed by atoms with Gasteiger partial charge < -0.3 is 5.32 Å². The fourth-order valence-electron chi connectivity index (χ4n) is 4.14. The highest BCUT2D eigenvalue weighted by Gasteiger charge is 2.50. The van der Waals surface area contributed by atoms with Crippen molar-refractivity contribution in [1.29, 1.82) is 0 Å². The molecule has 2 nitrogen and oxygen atoms in total. The first-order valence-electron chi connectivity index (χ1n) is 7.71. The van der Waals surface area contributed by atoms with E-state index in [0.29, 0.717) is 0 Å². The average Bonchev–Trinajstić information content (AvgIpc) is 2.74. The van der Waals surface area contributed by atoms with Crippen LogP contribution in [0.2, 0.25) is 0 Å². The SMILES string of the molecule is CC(C)CN(CC1CCCN1)C1CCC2CC21. The van der Waals surface area contributed by atoms with Crippen LogP contribution in [0.5, 0.6) is 0 Å². The molecule has 1 N–H and O–H groups in total. The fourth-order valence-corrected chi connectivity index (χ4v) is 4.14. The van der Waals surface area contributed by atoms with Gasteiger partial charge in [0, 0.05) is 25.2 Å². The minimum atomic E-state index is 0.784. The molecule has 3 fully saturated rings. The van der Waals surface area contributed by atoms with Gasteiger partial charge in [0.05, 0.1) is 0 Å². The standard InChI is InChI=1S/C15H28N2/c1-11(2)9-17(10-13-4-3-7-16-13)15-6-5-12-8-14(12)15/h11-16H,3-10H2,1-2H3. The van der Waals surface area contributed by atoms with Gasteiger partial charge in [0.25, 0.3) is 0 Å². The normalized spacial score (nSPS) is 40.2. The maximum absolute atomic E-state index is 3.67. The van der Waals surface area contributed by atoms with Gasteiger partial charge in [-0.2, -0.15) is 0 Å². The molecule has 1 aliphatic heterocycles. The van der Waals surface area contributed by atoms with E-state index in [2.05, 4.69) is 24.1 Å². The largest absolute Gasteiger partial charge is 0.313 e. The first-order valence-corrected chi connectivity index (χ1v) is 7.71. The molecule has 0 aromatic heterocycles. The molecule has 0 aromatic rings. The maximum Gasteiger partial charge on any atom is 0.0195 e. The molecule has 3 aliphatic rings. The van der Waals surface area contributed by atoms with E-state index in [-0.39, 0.29) is 0 Å². The molecule has 98 valence electrons. The van der Waals surface area contributed by atoms with Gasteiger partial charge in [-0.15, -0.1) is 0 Å². The lowest BCUT2D eigenvalue weighted by molar-refractivity contribution is 0.148. The Labute approximate surface area is 106 Å². The van der Waals surface area contributed by atoms with Gasteiger partial charge in [0.2, 0.25) is 0 Å². The predicted molar refractivity (Wildman–Crippen MR) is 72.1 cm³/mol. The monoisotopic (exact) mass is 236 g/mol. The number of nitrogens with one attached hydrogen (secondary N) is 1. The van der Waals surface area contributed by atoms with Crippen LogP contribution in [-0.2, 0) is 0 Å².